The molecule has 24 heavy (non-hydrogen) atoms. The summed E-state index contributed by atoms with van der Waals surface area (Å²) in [6, 6.07) is 6.10. The number of amides is 1. The van der Waals surface area contributed by atoms with Gasteiger partial charge in [0.25, 0.3) is 0 Å². The Morgan fingerprint density at radius 2 is 2.29 bits per heavy atom. The number of pyridine rings is 1. The van der Waals surface area contributed by atoms with Gasteiger partial charge in [-0.1, -0.05) is 0 Å². The van der Waals surface area contributed by atoms with Gasteiger partial charge in [0, 0.05) is 32.0 Å². The second kappa shape index (κ2) is 7.32. The number of ether oxygens (including phenoxy) is 1. The van der Waals surface area contributed by atoms with Crippen molar-refractivity contribution in [3.05, 3.63) is 45.9 Å². The molecule has 1 saturated heterocycles. The van der Waals surface area contributed by atoms with E-state index in [2.05, 4.69) is 9.88 Å². The van der Waals surface area contributed by atoms with E-state index in [9.17, 15) is 4.79 Å². The molecule has 2 aromatic rings. The normalized spacial score (nSPS) is 17.8. The zero-order chi connectivity index (χ0) is 17.1. The van der Waals surface area contributed by atoms with Gasteiger partial charge in [0.2, 0.25) is 5.91 Å². The lowest BCUT2D eigenvalue weighted by atomic mass is 10.1. The lowest BCUT2D eigenvalue weighted by Crippen LogP contribution is -2.43. The number of morpholine rings is 1. The van der Waals surface area contributed by atoms with Crippen LogP contribution in [0.2, 0.25) is 0 Å². The van der Waals surface area contributed by atoms with E-state index in [1.807, 2.05) is 54.9 Å². The van der Waals surface area contributed by atoms with Crippen molar-refractivity contribution in [2.75, 3.05) is 38.7 Å². The van der Waals surface area contributed by atoms with Gasteiger partial charge in [0.1, 0.15) is 6.10 Å². The summed E-state index contributed by atoms with van der Waals surface area (Å²) in [5, 5.41) is 4.03. The Bertz CT molecular complexity index is 700. The molecule has 0 spiro atoms. The second-order valence-corrected chi connectivity index (χ2v) is 7.07. The summed E-state index contributed by atoms with van der Waals surface area (Å²) in [5.41, 5.74) is 4.03. The van der Waals surface area contributed by atoms with Gasteiger partial charge in [-0.05, 0) is 41.4 Å². The molecule has 1 fully saturated rings. The molecule has 3 heterocycles. The standard InChI is InChI=1S/C18H23N3O2S/c1-13-8-15(20(2)3)10-16(19-13)17-11-21(5-6-23-17)18(22)9-14-4-7-24-12-14/h4,7-8,10,12,17H,5-6,9,11H2,1-3H3/t17-/m1/s1. The van der Waals surface area contributed by atoms with Crippen molar-refractivity contribution in [2.24, 2.45) is 0 Å². The number of nitrogens with zero attached hydrogens (tertiary/aromatic N) is 3. The van der Waals surface area contributed by atoms with Gasteiger partial charge < -0.3 is 14.5 Å². The third-order valence-corrected chi connectivity index (χ3v) is 4.89. The molecule has 0 aromatic carbocycles. The molecule has 1 amide bonds. The highest BCUT2D eigenvalue weighted by molar-refractivity contribution is 7.08. The van der Waals surface area contributed by atoms with Crippen molar-refractivity contribution in [3.8, 4) is 0 Å². The Hall–Kier alpha value is -1.92. The fourth-order valence-corrected chi connectivity index (χ4v) is 3.50. The predicted octanol–water partition coefficient (Wildman–Crippen LogP) is 2.66. The number of carbonyl (C=O) groups is 1. The topological polar surface area (TPSA) is 45.7 Å². The summed E-state index contributed by atoms with van der Waals surface area (Å²) >= 11 is 1.62. The van der Waals surface area contributed by atoms with Gasteiger partial charge in [0.05, 0.1) is 25.3 Å². The molecule has 0 N–H and O–H groups in total. The van der Waals surface area contributed by atoms with Crippen molar-refractivity contribution >= 4 is 22.9 Å². The summed E-state index contributed by atoms with van der Waals surface area (Å²) in [6.45, 7) is 3.74. The molecule has 0 radical (unpaired) electrons. The van der Waals surface area contributed by atoms with Crippen molar-refractivity contribution in [2.45, 2.75) is 19.4 Å². The lowest BCUT2D eigenvalue weighted by molar-refractivity contribution is -0.138. The first-order valence-corrected chi connectivity index (χ1v) is 9.03. The number of carbonyl (C=O) groups excluding carboxylic acids is 1. The van der Waals surface area contributed by atoms with Crippen molar-refractivity contribution < 1.29 is 9.53 Å². The van der Waals surface area contributed by atoms with Crippen LogP contribution in [0.15, 0.2) is 29.0 Å². The highest BCUT2D eigenvalue weighted by Crippen LogP contribution is 2.25. The van der Waals surface area contributed by atoms with Crippen LogP contribution in [0.4, 0.5) is 5.69 Å². The molecule has 5 nitrogen and oxygen atoms in total. The van der Waals surface area contributed by atoms with E-state index < -0.39 is 0 Å². The minimum absolute atomic E-state index is 0.155. The highest BCUT2D eigenvalue weighted by atomic mass is 32.1. The first kappa shape index (κ1) is 16.9. The summed E-state index contributed by atoms with van der Waals surface area (Å²) in [6.07, 6.45) is 0.296. The Balaban J connectivity index is 1.72. The van der Waals surface area contributed by atoms with Crippen LogP contribution in [-0.2, 0) is 16.0 Å². The molecule has 2 aromatic heterocycles. The smallest absolute Gasteiger partial charge is 0.227 e. The lowest BCUT2D eigenvalue weighted by Gasteiger charge is -2.33. The predicted molar refractivity (Wildman–Crippen MR) is 96.6 cm³/mol. The molecule has 1 aliphatic heterocycles. The number of rotatable bonds is 4. The largest absolute Gasteiger partial charge is 0.378 e. The maximum atomic E-state index is 12.5. The summed E-state index contributed by atoms with van der Waals surface area (Å²) < 4.78 is 5.90. The van der Waals surface area contributed by atoms with Crippen molar-refractivity contribution in [3.63, 3.8) is 0 Å². The zero-order valence-electron chi connectivity index (χ0n) is 14.4. The Labute approximate surface area is 146 Å². The molecule has 128 valence electrons. The van der Waals surface area contributed by atoms with E-state index in [-0.39, 0.29) is 12.0 Å². The Kier molecular flexibility index (Phi) is 5.16. The van der Waals surface area contributed by atoms with Gasteiger partial charge in [-0.3, -0.25) is 9.78 Å². The van der Waals surface area contributed by atoms with Gasteiger partial charge in [-0.2, -0.15) is 11.3 Å². The zero-order valence-corrected chi connectivity index (χ0v) is 15.2. The summed E-state index contributed by atoms with van der Waals surface area (Å²) in [5.74, 6) is 0.155. The summed E-state index contributed by atoms with van der Waals surface area (Å²) in [7, 11) is 4.02. The van der Waals surface area contributed by atoms with Crippen LogP contribution in [0.3, 0.4) is 0 Å². The molecule has 0 saturated carbocycles. The van der Waals surface area contributed by atoms with Crippen LogP contribution in [0.25, 0.3) is 0 Å². The van der Waals surface area contributed by atoms with Crippen molar-refractivity contribution in [1.82, 2.24) is 9.88 Å². The van der Waals surface area contributed by atoms with E-state index in [4.69, 9.17) is 4.74 Å². The third-order valence-electron chi connectivity index (χ3n) is 4.16. The number of aryl methyl sites for hydroxylation is 1. The molecule has 3 rings (SSSR count). The molecule has 1 atom stereocenters. The van der Waals surface area contributed by atoms with Crippen LogP contribution in [0.1, 0.15) is 23.1 Å². The van der Waals surface area contributed by atoms with Crippen molar-refractivity contribution in [1.29, 1.82) is 0 Å². The Morgan fingerprint density at radius 1 is 1.46 bits per heavy atom. The number of aromatic nitrogens is 1. The van der Waals surface area contributed by atoms with Gasteiger partial charge >= 0.3 is 0 Å². The van der Waals surface area contributed by atoms with Gasteiger partial charge in [-0.25, -0.2) is 0 Å². The second-order valence-electron chi connectivity index (χ2n) is 6.29. The van der Waals surface area contributed by atoms with E-state index in [1.54, 1.807) is 11.3 Å². The molecule has 0 unspecified atom stereocenters. The number of hydrogen-bond donors (Lipinski definition) is 0. The third kappa shape index (κ3) is 3.94. The van der Waals surface area contributed by atoms with Crippen LogP contribution in [0, 0.1) is 6.92 Å². The van der Waals surface area contributed by atoms with Crippen LogP contribution >= 0.6 is 11.3 Å². The monoisotopic (exact) mass is 345 g/mol. The minimum atomic E-state index is -0.163. The first-order valence-electron chi connectivity index (χ1n) is 8.09. The minimum Gasteiger partial charge on any atom is -0.378 e. The average Bonchev–Trinajstić information content (AvgIpc) is 3.07. The average molecular weight is 345 g/mol. The fourth-order valence-electron chi connectivity index (χ4n) is 2.83. The van der Waals surface area contributed by atoms with E-state index in [1.165, 1.54) is 0 Å². The van der Waals surface area contributed by atoms with Gasteiger partial charge in [-0.15, -0.1) is 0 Å². The SMILES string of the molecule is Cc1cc(N(C)C)cc([C@H]2CN(C(=O)Cc3ccsc3)CCO2)n1. The maximum absolute atomic E-state index is 12.5. The highest BCUT2D eigenvalue weighted by Gasteiger charge is 2.26. The first-order chi connectivity index (χ1) is 11.5. The fraction of sp³-hybridized carbons (Fsp3) is 0.444. The Morgan fingerprint density at radius 3 is 3.00 bits per heavy atom. The van der Waals surface area contributed by atoms with E-state index >= 15 is 0 Å². The molecule has 1 aliphatic rings. The molecular formula is C18H23N3O2S. The van der Waals surface area contributed by atoms with Crippen LogP contribution in [-0.4, -0.2) is 49.6 Å². The molecular weight excluding hydrogens is 322 g/mol. The van der Waals surface area contributed by atoms with Crippen LogP contribution in [0.5, 0.6) is 0 Å². The molecule has 6 heteroatoms. The quantitative estimate of drug-likeness (QED) is 0.855. The maximum Gasteiger partial charge on any atom is 0.227 e. The number of anilines is 1. The number of thiophene rings is 1. The van der Waals surface area contributed by atoms with Crippen LogP contribution < -0.4 is 4.90 Å². The molecule has 0 bridgehead atoms. The number of hydrogen-bond acceptors (Lipinski definition) is 5. The summed E-state index contributed by atoms with van der Waals surface area (Å²) in [4.78, 5) is 21.1. The van der Waals surface area contributed by atoms with E-state index in [0.717, 1.165) is 22.6 Å². The van der Waals surface area contributed by atoms with Gasteiger partial charge in [0.15, 0.2) is 0 Å². The van der Waals surface area contributed by atoms with E-state index in [0.29, 0.717) is 26.1 Å². The molecule has 0 aliphatic carbocycles.